The average molecular weight is 288 g/mol. The van der Waals surface area contributed by atoms with Gasteiger partial charge in [-0.1, -0.05) is 0 Å². The van der Waals surface area contributed by atoms with E-state index in [0.717, 1.165) is 16.9 Å². The lowest BCUT2D eigenvalue weighted by molar-refractivity contribution is -0.120. The van der Waals surface area contributed by atoms with E-state index in [2.05, 4.69) is 26.2 Å². The minimum absolute atomic E-state index is 0.0933. The largest absolute Gasteiger partial charge is 0.378 e. The number of amides is 1. The minimum Gasteiger partial charge on any atom is -0.378 e. The molecule has 1 aromatic heterocycles. The maximum absolute atomic E-state index is 12.1. The van der Waals surface area contributed by atoms with Crippen LogP contribution < -0.4 is 10.6 Å². The second kappa shape index (κ2) is 5.98. The molecule has 1 fully saturated rings. The van der Waals surface area contributed by atoms with E-state index >= 15 is 0 Å². The first kappa shape index (κ1) is 13.7. The molecule has 1 atom stereocenters. The number of carbonyl (C=O) groups is 1. The van der Waals surface area contributed by atoms with Gasteiger partial charge in [-0.15, -0.1) is 5.10 Å². The van der Waals surface area contributed by atoms with Crippen molar-refractivity contribution in [3.8, 4) is 5.69 Å². The molecule has 3 rings (SSSR count). The molecule has 8 heteroatoms. The van der Waals surface area contributed by atoms with Gasteiger partial charge in [0.05, 0.1) is 18.9 Å². The Balaban J connectivity index is 1.72. The molecule has 0 bridgehead atoms. The Morgan fingerprint density at radius 1 is 1.52 bits per heavy atom. The standard InChI is InChI=1S/C13H16N6O2/c1-9-6-10(2-3-12(9)19-8-15-17-18-19)16-13(20)11-7-21-5-4-14-11/h2-3,6,8,11,14H,4-5,7H2,1H3,(H,16,20). The van der Waals surface area contributed by atoms with Crippen LogP contribution in [0.3, 0.4) is 0 Å². The van der Waals surface area contributed by atoms with Gasteiger partial charge in [-0.25, -0.2) is 4.68 Å². The number of hydrogen-bond donors (Lipinski definition) is 2. The molecule has 2 heterocycles. The fourth-order valence-corrected chi connectivity index (χ4v) is 2.23. The Morgan fingerprint density at radius 3 is 3.10 bits per heavy atom. The number of aromatic nitrogens is 4. The highest BCUT2D eigenvalue weighted by atomic mass is 16.5. The zero-order chi connectivity index (χ0) is 14.7. The van der Waals surface area contributed by atoms with Crippen LogP contribution in [0, 0.1) is 6.92 Å². The lowest BCUT2D eigenvalue weighted by atomic mass is 10.1. The van der Waals surface area contributed by atoms with Gasteiger partial charge in [0.2, 0.25) is 5.91 Å². The molecule has 8 nitrogen and oxygen atoms in total. The molecule has 1 unspecified atom stereocenters. The van der Waals surface area contributed by atoms with E-state index in [1.165, 1.54) is 6.33 Å². The molecule has 0 aliphatic carbocycles. The summed E-state index contributed by atoms with van der Waals surface area (Å²) in [5.41, 5.74) is 2.58. The molecule has 110 valence electrons. The van der Waals surface area contributed by atoms with E-state index in [1.54, 1.807) is 4.68 Å². The van der Waals surface area contributed by atoms with Gasteiger partial charge in [0.25, 0.3) is 0 Å². The smallest absolute Gasteiger partial charge is 0.243 e. The van der Waals surface area contributed by atoms with Crippen LogP contribution in [0.25, 0.3) is 5.69 Å². The van der Waals surface area contributed by atoms with E-state index in [-0.39, 0.29) is 11.9 Å². The van der Waals surface area contributed by atoms with Crippen molar-refractivity contribution in [3.05, 3.63) is 30.1 Å². The predicted octanol–water partition coefficient (Wildman–Crippen LogP) is -0.102. The quantitative estimate of drug-likeness (QED) is 0.819. The number of ether oxygens (including phenoxy) is 1. The van der Waals surface area contributed by atoms with E-state index in [1.807, 2.05) is 25.1 Å². The van der Waals surface area contributed by atoms with Gasteiger partial charge in [-0.05, 0) is 41.1 Å². The normalized spacial score (nSPS) is 18.4. The number of anilines is 1. The molecule has 1 saturated heterocycles. The molecule has 0 saturated carbocycles. The van der Waals surface area contributed by atoms with E-state index in [4.69, 9.17) is 4.74 Å². The van der Waals surface area contributed by atoms with E-state index in [0.29, 0.717) is 19.8 Å². The summed E-state index contributed by atoms with van der Waals surface area (Å²) in [5.74, 6) is -0.0933. The number of nitrogens with one attached hydrogen (secondary N) is 2. The Labute approximate surface area is 121 Å². The van der Waals surface area contributed by atoms with Crippen LogP contribution in [0.1, 0.15) is 5.56 Å². The summed E-state index contributed by atoms with van der Waals surface area (Å²) in [6, 6.07) is 5.27. The molecule has 1 aromatic carbocycles. The Kier molecular flexibility index (Phi) is 3.89. The predicted molar refractivity (Wildman–Crippen MR) is 75.1 cm³/mol. The van der Waals surface area contributed by atoms with Crippen LogP contribution >= 0.6 is 0 Å². The molecule has 0 radical (unpaired) electrons. The van der Waals surface area contributed by atoms with E-state index < -0.39 is 0 Å². The molecule has 1 amide bonds. The van der Waals surface area contributed by atoms with Crippen LogP contribution in [0.5, 0.6) is 0 Å². The lowest BCUT2D eigenvalue weighted by Gasteiger charge is -2.23. The summed E-state index contributed by atoms with van der Waals surface area (Å²) < 4.78 is 6.86. The number of morpholine rings is 1. The maximum atomic E-state index is 12.1. The zero-order valence-electron chi connectivity index (χ0n) is 11.6. The van der Waals surface area contributed by atoms with Crippen LogP contribution in [0.15, 0.2) is 24.5 Å². The number of benzene rings is 1. The highest BCUT2D eigenvalue weighted by molar-refractivity contribution is 5.95. The number of hydrogen-bond acceptors (Lipinski definition) is 6. The molecule has 2 aromatic rings. The Morgan fingerprint density at radius 2 is 2.43 bits per heavy atom. The van der Waals surface area contributed by atoms with Crippen LogP contribution in [0.2, 0.25) is 0 Å². The van der Waals surface area contributed by atoms with Crippen molar-refractivity contribution in [2.24, 2.45) is 0 Å². The molecule has 1 aliphatic rings. The molecule has 2 N–H and O–H groups in total. The van der Waals surface area contributed by atoms with Crippen LogP contribution in [0.4, 0.5) is 5.69 Å². The van der Waals surface area contributed by atoms with Crippen molar-refractivity contribution in [1.82, 2.24) is 25.5 Å². The first-order chi connectivity index (χ1) is 10.2. The fraction of sp³-hybridized carbons (Fsp3) is 0.385. The fourth-order valence-electron chi connectivity index (χ4n) is 2.23. The van der Waals surface area contributed by atoms with Gasteiger partial charge in [0.15, 0.2) is 0 Å². The van der Waals surface area contributed by atoms with Crippen molar-refractivity contribution in [3.63, 3.8) is 0 Å². The third-order valence-electron chi connectivity index (χ3n) is 3.30. The Hall–Kier alpha value is -2.32. The summed E-state index contributed by atoms with van der Waals surface area (Å²) in [6.07, 6.45) is 1.53. The van der Waals surface area contributed by atoms with Crippen molar-refractivity contribution in [2.45, 2.75) is 13.0 Å². The first-order valence-corrected chi connectivity index (χ1v) is 6.70. The highest BCUT2D eigenvalue weighted by Gasteiger charge is 2.21. The van der Waals surface area contributed by atoms with Crippen molar-refractivity contribution >= 4 is 11.6 Å². The van der Waals surface area contributed by atoms with Crippen molar-refractivity contribution in [2.75, 3.05) is 25.1 Å². The number of aryl methyl sites for hydroxylation is 1. The number of carbonyl (C=O) groups excluding carboxylic acids is 1. The van der Waals surface area contributed by atoms with E-state index in [9.17, 15) is 4.79 Å². The Bertz CT molecular complexity index is 622. The molecule has 0 spiro atoms. The summed E-state index contributed by atoms with van der Waals surface area (Å²) in [6.45, 7) is 3.67. The third kappa shape index (κ3) is 3.06. The second-order valence-electron chi connectivity index (χ2n) is 4.83. The monoisotopic (exact) mass is 288 g/mol. The summed E-state index contributed by atoms with van der Waals surface area (Å²) >= 11 is 0. The van der Waals surface area contributed by atoms with Gasteiger partial charge in [0, 0.05) is 12.2 Å². The first-order valence-electron chi connectivity index (χ1n) is 6.70. The molecule has 1 aliphatic heterocycles. The van der Waals surface area contributed by atoms with Gasteiger partial charge in [-0.3, -0.25) is 4.79 Å². The summed E-state index contributed by atoms with van der Waals surface area (Å²) in [4.78, 5) is 12.1. The highest BCUT2D eigenvalue weighted by Crippen LogP contribution is 2.18. The van der Waals surface area contributed by atoms with Crippen molar-refractivity contribution in [1.29, 1.82) is 0 Å². The van der Waals surface area contributed by atoms with Gasteiger partial charge in [-0.2, -0.15) is 0 Å². The van der Waals surface area contributed by atoms with Crippen molar-refractivity contribution < 1.29 is 9.53 Å². The number of nitrogens with zero attached hydrogens (tertiary/aromatic N) is 4. The number of rotatable bonds is 3. The zero-order valence-corrected chi connectivity index (χ0v) is 11.6. The topological polar surface area (TPSA) is 94.0 Å². The number of tetrazole rings is 1. The maximum Gasteiger partial charge on any atom is 0.243 e. The third-order valence-corrected chi connectivity index (χ3v) is 3.30. The summed E-state index contributed by atoms with van der Waals surface area (Å²) in [7, 11) is 0. The van der Waals surface area contributed by atoms with Gasteiger partial charge in [0.1, 0.15) is 12.4 Å². The van der Waals surface area contributed by atoms with Gasteiger partial charge < -0.3 is 15.4 Å². The molecular weight excluding hydrogens is 272 g/mol. The molecule has 21 heavy (non-hydrogen) atoms. The van der Waals surface area contributed by atoms with Crippen LogP contribution in [-0.4, -0.2) is 51.9 Å². The molecular formula is C13H16N6O2. The average Bonchev–Trinajstić information content (AvgIpc) is 3.02. The summed E-state index contributed by atoms with van der Waals surface area (Å²) in [5, 5.41) is 17.1. The SMILES string of the molecule is Cc1cc(NC(=O)C2COCCN2)ccc1-n1cnnn1. The second-order valence-corrected chi connectivity index (χ2v) is 4.83. The lowest BCUT2D eigenvalue weighted by Crippen LogP contribution is -2.48. The van der Waals surface area contributed by atoms with Crippen LogP contribution in [-0.2, 0) is 9.53 Å². The minimum atomic E-state index is -0.307. The van der Waals surface area contributed by atoms with Gasteiger partial charge >= 0.3 is 0 Å².